The zero-order chi connectivity index (χ0) is 16.3. The molecule has 1 unspecified atom stereocenters. The number of nitrogens with zero attached hydrogens (tertiary/aromatic N) is 3. The molecule has 2 amide bonds. The average molecular weight is 327 g/mol. The Morgan fingerprint density at radius 2 is 2.00 bits per heavy atom. The number of rotatable bonds is 2. The van der Waals surface area contributed by atoms with Crippen LogP contribution in [0.25, 0.3) is 0 Å². The van der Waals surface area contributed by atoms with Gasteiger partial charge < -0.3 is 15.0 Å². The number of halogens is 1. The molecule has 1 fully saturated rings. The molecule has 0 aliphatic carbocycles. The normalized spacial score (nSPS) is 18.2. The minimum absolute atomic E-state index is 0.0995. The summed E-state index contributed by atoms with van der Waals surface area (Å²) in [5, 5.41) is 2.87. The zero-order valence-electron chi connectivity index (χ0n) is 12.8. The number of carbonyl (C=O) groups excluding carboxylic acids is 2. The van der Waals surface area contributed by atoms with Crippen LogP contribution in [0.5, 0.6) is 0 Å². The maximum Gasteiger partial charge on any atom is 0.407 e. The number of hydrogen-bond donors (Lipinski definition) is 1. The summed E-state index contributed by atoms with van der Waals surface area (Å²) in [6.45, 7) is 6.40. The van der Waals surface area contributed by atoms with Gasteiger partial charge in [0, 0.05) is 25.5 Å². The van der Waals surface area contributed by atoms with Gasteiger partial charge in [-0.2, -0.15) is 0 Å². The van der Waals surface area contributed by atoms with Crippen molar-refractivity contribution >= 4 is 23.6 Å². The number of alkyl carbamates (subject to hydrolysis) is 1. The van der Waals surface area contributed by atoms with Crippen LogP contribution in [0.2, 0.25) is 5.28 Å². The highest BCUT2D eigenvalue weighted by molar-refractivity contribution is 6.28. The van der Waals surface area contributed by atoms with Gasteiger partial charge in [-0.15, -0.1) is 0 Å². The van der Waals surface area contributed by atoms with Crippen LogP contribution in [-0.4, -0.2) is 51.6 Å². The Labute approximate surface area is 134 Å². The molecule has 7 nitrogen and oxygen atoms in total. The van der Waals surface area contributed by atoms with Gasteiger partial charge in [0.05, 0.1) is 11.6 Å². The van der Waals surface area contributed by atoms with Crippen LogP contribution >= 0.6 is 11.6 Å². The van der Waals surface area contributed by atoms with Crippen molar-refractivity contribution in [2.75, 3.05) is 13.1 Å². The molecular formula is C14H19ClN4O3. The summed E-state index contributed by atoms with van der Waals surface area (Å²) >= 11 is 5.60. The third kappa shape index (κ3) is 4.56. The minimum Gasteiger partial charge on any atom is -0.444 e. The fourth-order valence-corrected chi connectivity index (χ4v) is 2.24. The molecule has 0 saturated carbocycles. The quantitative estimate of drug-likeness (QED) is 0.839. The van der Waals surface area contributed by atoms with Crippen molar-refractivity contribution in [2.24, 2.45) is 0 Å². The topological polar surface area (TPSA) is 84.4 Å². The molecule has 0 aromatic carbocycles. The van der Waals surface area contributed by atoms with Gasteiger partial charge in [-0.1, -0.05) is 0 Å². The molecule has 22 heavy (non-hydrogen) atoms. The van der Waals surface area contributed by atoms with E-state index in [-0.39, 0.29) is 17.2 Å². The summed E-state index contributed by atoms with van der Waals surface area (Å²) in [4.78, 5) is 33.2. The smallest absolute Gasteiger partial charge is 0.407 e. The Bertz CT molecular complexity index is 556. The van der Waals surface area contributed by atoms with E-state index in [4.69, 9.17) is 16.3 Å². The van der Waals surface area contributed by atoms with E-state index in [0.717, 1.165) is 0 Å². The third-order valence-electron chi connectivity index (χ3n) is 3.06. The molecule has 0 radical (unpaired) electrons. The average Bonchev–Trinajstić information content (AvgIpc) is 2.85. The predicted octanol–water partition coefficient (Wildman–Crippen LogP) is 1.87. The van der Waals surface area contributed by atoms with Gasteiger partial charge in [-0.3, -0.25) is 4.79 Å². The standard InChI is InChI=1S/C14H19ClN4O3/c1-14(2,3)22-13(21)18-10-4-5-19(8-10)11(20)9-6-16-12(15)17-7-9/h6-7,10H,4-5,8H2,1-3H3,(H,18,21). The summed E-state index contributed by atoms with van der Waals surface area (Å²) in [6.07, 6.45) is 3.00. The Morgan fingerprint density at radius 3 is 2.59 bits per heavy atom. The number of aromatic nitrogens is 2. The van der Waals surface area contributed by atoms with Crippen molar-refractivity contribution in [1.29, 1.82) is 0 Å². The fourth-order valence-electron chi connectivity index (χ4n) is 2.14. The van der Waals surface area contributed by atoms with E-state index in [9.17, 15) is 9.59 Å². The summed E-state index contributed by atoms with van der Waals surface area (Å²) < 4.78 is 5.21. The highest BCUT2D eigenvalue weighted by Crippen LogP contribution is 2.14. The first kappa shape index (κ1) is 16.5. The number of likely N-dealkylation sites (tertiary alicyclic amines) is 1. The molecule has 120 valence electrons. The number of ether oxygens (including phenoxy) is 1. The van der Waals surface area contributed by atoms with Crippen LogP contribution < -0.4 is 5.32 Å². The molecule has 2 rings (SSSR count). The second-order valence-electron chi connectivity index (χ2n) is 6.12. The van der Waals surface area contributed by atoms with Gasteiger partial charge in [-0.25, -0.2) is 14.8 Å². The highest BCUT2D eigenvalue weighted by Gasteiger charge is 2.29. The molecule has 1 N–H and O–H groups in total. The van der Waals surface area contributed by atoms with Crippen LogP contribution in [0.4, 0.5) is 4.79 Å². The summed E-state index contributed by atoms with van der Waals surface area (Å²) in [6, 6.07) is -0.119. The van der Waals surface area contributed by atoms with Crippen LogP contribution in [0.3, 0.4) is 0 Å². The third-order valence-corrected chi connectivity index (χ3v) is 3.26. The number of hydrogen-bond acceptors (Lipinski definition) is 5. The van der Waals surface area contributed by atoms with E-state index in [1.54, 1.807) is 25.7 Å². The largest absolute Gasteiger partial charge is 0.444 e. The van der Waals surface area contributed by atoms with E-state index in [0.29, 0.717) is 25.1 Å². The molecule has 1 aliphatic heterocycles. The maximum atomic E-state index is 12.3. The molecular weight excluding hydrogens is 308 g/mol. The second-order valence-corrected chi connectivity index (χ2v) is 6.46. The number of amides is 2. The van der Waals surface area contributed by atoms with E-state index >= 15 is 0 Å². The van der Waals surface area contributed by atoms with Gasteiger partial charge in [0.1, 0.15) is 5.60 Å². The van der Waals surface area contributed by atoms with Crippen molar-refractivity contribution in [2.45, 2.75) is 38.8 Å². The Kier molecular flexibility index (Phi) is 4.85. The summed E-state index contributed by atoms with van der Waals surface area (Å²) in [5.41, 5.74) is -0.166. The lowest BCUT2D eigenvalue weighted by atomic mass is 10.2. The molecule has 1 saturated heterocycles. The lowest BCUT2D eigenvalue weighted by molar-refractivity contribution is 0.0502. The first-order valence-electron chi connectivity index (χ1n) is 7.01. The van der Waals surface area contributed by atoms with E-state index < -0.39 is 11.7 Å². The van der Waals surface area contributed by atoms with Crippen molar-refractivity contribution in [1.82, 2.24) is 20.2 Å². The molecule has 2 heterocycles. The first-order valence-corrected chi connectivity index (χ1v) is 7.39. The summed E-state index contributed by atoms with van der Waals surface area (Å²) in [7, 11) is 0. The zero-order valence-corrected chi connectivity index (χ0v) is 13.6. The molecule has 0 bridgehead atoms. The van der Waals surface area contributed by atoms with Gasteiger partial charge in [0.25, 0.3) is 5.91 Å². The molecule has 1 aromatic heterocycles. The van der Waals surface area contributed by atoms with Crippen molar-refractivity contribution < 1.29 is 14.3 Å². The van der Waals surface area contributed by atoms with Crippen molar-refractivity contribution in [3.63, 3.8) is 0 Å². The molecule has 8 heteroatoms. The molecule has 1 aliphatic rings. The maximum absolute atomic E-state index is 12.3. The van der Waals surface area contributed by atoms with Crippen LogP contribution in [0.15, 0.2) is 12.4 Å². The van der Waals surface area contributed by atoms with Crippen molar-refractivity contribution in [3.05, 3.63) is 23.2 Å². The first-order chi connectivity index (χ1) is 10.2. The molecule has 0 spiro atoms. The van der Waals surface area contributed by atoms with E-state index in [1.165, 1.54) is 12.4 Å². The lowest BCUT2D eigenvalue weighted by Crippen LogP contribution is -2.41. The summed E-state index contributed by atoms with van der Waals surface area (Å²) in [5.74, 6) is -0.176. The van der Waals surface area contributed by atoms with Gasteiger partial charge in [0.15, 0.2) is 0 Å². The van der Waals surface area contributed by atoms with E-state index in [1.807, 2.05) is 0 Å². The van der Waals surface area contributed by atoms with Crippen LogP contribution in [0, 0.1) is 0 Å². The predicted molar refractivity (Wildman–Crippen MR) is 80.7 cm³/mol. The monoisotopic (exact) mass is 326 g/mol. The lowest BCUT2D eigenvalue weighted by Gasteiger charge is -2.22. The van der Waals surface area contributed by atoms with Crippen LogP contribution in [-0.2, 0) is 4.74 Å². The Balaban J connectivity index is 1.88. The van der Waals surface area contributed by atoms with Crippen molar-refractivity contribution in [3.8, 4) is 0 Å². The molecule has 1 aromatic rings. The fraction of sp³-hybridized carbons (Fsp3) is 0.571. The van der Waals surface area contributed by atoms with Gasteiger partial charge in [0.2, 0.25) is 5.28 Å². The van der Waals surface area contributed by atoms with Crippen LogP contribution in [0.1, 0.15) is 37.6 Å². The van der Waals surface area contributed by atoms with Gasteiger partial charge >= 0.3 is 6.09 Å². The Morgan fingerprint density at radius 1 is 1.36 bits per heavy atom. The second kappa shape index (κ2) is 6.48. The molecule has 1 atom stereocenters. The number of carbonyl (C=O) groups is 2. The Hall–Kier alpha value is -1.89. The van der Waals surface area contributed by atoms with E-state index in [2.05, 4.69) is 15.3 Å². The number of nitrogens with one attached hydrogen (secondary N) is 1. The van der Waals surface area contributed by atoms with Gasteiger partial charge in [-0.05, 0) is 38.8 Å². The highest BCUT2D eigenvalue weighted by atomic mass is 35.5. The SMILES string of the molecule is CC(C)(C)OC(=O)NC1CCN(C(=O)c2cnc(Cl)nc2)C1. The minimum atomic E-state index is -0.543.